The third kappa shape index (κ3) is 3.32. The Morgan fingerprint density at radius 3 is 2.62 bits per heavy atom. The highest BCUT2D eigenvalue weighted by atomic mass is 19.1. The van der Waals surface area contributed by atoms with Crippen LogP contribution in [0, 0.1) is 5.82 Å². The third-order valence-corrected chi connectivity index (χ3v) is 3.87. The van der Waals surface area contributed by atoms with E-state index in [1.165, 1.54) is 6.07 Å². The van der Waals surface area contributed by atoms with Crippen LogP contribution in [-0.4, -0.2) is 15.8 Å². The Balaban J connectivity index is 2.53. The van der Waals surface area contributed by atoms with Gasteiger partial charge in [-0.25, -0.2) is 9.07 Å². The van der Waals surface area contributed by atoms with E-state index >= 15 is 0 Å². The molecule has 0 radical (unpaired) electrons. The number of aryl methyl sites for hydroxylation is 2. The molecule has 114 valence electrons. The predicted octanol–water partition coefficient (Wildman–Crippen LogP) is 3.42. The molecule has 2 N–H and O–H groups in total. The van der Waals surface area contributed by atoms with Gasteiger partial charge in [-0.2, -0.15) is 5.10 Å². The van der Waals surface area contributed by atoms with Crippen LogP contribution in [0.2, 0.25) is 0 Å². The summed E-state index contributed by atoms with van der Waals surface area (Å²) < 4.78 is 16.1. The van der Waals surface area contributed by atoms with E-state index in [2.05, 4.69) is 25.0 Å². The van der Waals surface area contributed by atoms with Crippen molar-refractivity contribution in [1.29, 1.82) is 0 Å². The van der Waals surface area contributed by atoms with Gasteiger partial charge in [-0.15, -0.1) is 0 Å². The molecule has 0 aliphatic heterocycles. The maximum atomic E-state index is 14.3. The quantitative estimate of drug-likeness (QED) is 0.885. The maximum absolute atomic E-state index is 14.3. The van der Waals surface area contributed by atoms with Crippen molar-refractivity contribution in [3.8, 4) is 5.69 Å². The summed E-state index contributed by atoms with van der Waals surface area (Å²) in [6.45, 7) is 6.18. The summed E-state index contributed by atoms with van der Waals surface area (Å²) in [7, 11) is 0. The summed E-state index contributed by atoms with van der Waals surface area (Å²) >= 11 is 0. The van der Waals surface area contributed by atoms with Crippen molar-refractivity contribution in [2.24, 2.45) is 5.73 Å². The third-order valence-electron chi connectivity index (χ3n) is 3.87. The molecule has 4 heteroatoms. The van der Waals surface area contributed by atoms with E-state index in [0.717, 1.165) is 36.3 Å². The summed E-state index contributed by atoms with van der Waals surface area (Å²) in [5.41, 5.74) is 9.63. The normalized spacial score (nSPS) is 12.6. The van der Waals surface area contributed by atoms with Crippen LogP contribution >= 0.6 is 0 Å². The minimum atomic E-state index is -0.202. The molecule has 0 aliphatic rings. The van der Waals surface area contributed by atoms with E-state index in [1.807, 2.05) is 17.7 Å². The monoisotopic (exact) mass is 289 g/mol. The van der Waals surface area contributed by atoms with Crippen LogP contribution in [0.25, 0.3) is 5.69 Å². The number of nitrogens with two attached hydrogens (primary N) is 1. The Kier molecular flexibility index (Phi) is 5.12. The molecule has 1 unspecified atom stereocenters. The summed E-state index contributed by atoms with van der Waals surface area (Å²) in [5.74, 6) is -0.202. The van der Waals surface area contributed by atoms with E-state index in [-0.39, 0.29) is 11.9 Å². The van der Waals surface area contributed by atoms with Gasteiger partial charge in [-0.05, 0) is 43.9 Å². The molecule has 0 amide bonds. The lowest BCUT2D eigenvalue weighted by atomic mass is 10.0. The van der Waals surface area contributed by atoms with Crippen molar-refractivity contribution in [2.75, 3.05) is 0 Å². The van der Waals surface area contributed by atoms with Crippen LogP contribution in [0.5, 0.6) is 0 Å². The minimum Gasteiger partial charge on any atom is -0.327 e. The van der Waals surface area contributed by atoms with Crippen LogP contribution in [0.3, 0.4) is 0 Å². The van der Waals surface area contributed by atoms with Crippen molar-refractivity contribution >= 4 is 0 Å². The Morgan fingerprint density at radius 1 is 1.24 bits per heavy atom. The standard InChI is InChI=1S/C17H24FN3/c1-4-12(19)10-15-16(18)8-7-9-17(15)21-14(6-3)11-13(5-2)20-21/h7-9,11-12H,4-6,10,19H2,1-3H3. The van der Waals surface area contributed by atoms with Gasteiger partial charge >= 0.3 is 0 Å². The average molecular weight is 289 g/mol. The molecule has 0 saturated carbocycles. The molecule has 1 heterocycles. The molecule has 2 aromatic rings. The first-order valence-corrected chi connectivity index (χ1v) is 7.71. The topological polar surface area (TPSA) is 43.8 Å². The van der Waals surface area contributed by atoms with Crippen molar-refractivity contribution in [1.82, 2.24) is 9.78 Å². The first kappa shape index (κ1) is 15.7. The largest absolute Gasteiger partial charge is 0.327 e. The number of halogens is 1. The molecule has 0 saturated heterocycles. The first-order valence-electron chi connectivity index (χ1n) is 7.71. The smallest absolute Gasteiger partial charge is 0.128 e. The van der Waals surface area contributed by atoms with Crippen LogP contribution < -0.4 is 5.73 Å². The number of rotatable bonds is 6. The molecule has 1 aromatic carbocycles. The molecule has 21 heavy (non-hydrogen) atoms. The summed E-state index contributed by atoms with van der Waals surface area (Å²) in [5, 5.41) is 4.61. The van der Waals surface area contributed by atoms with Crippen molar-refractivity contribution < 1.29 is 4.39 Å². The average Bonchev–Trinajstić information content (AvgIpc) is 2.92. The predicted molar refractivity (Wildman–Crippen MR) is 84.2 cm³/mol. The zero-order chi connectivity index (χ0) is 15.4. The Labute approximate surface area is 126 Å². The Morgan fingerprint density at radius 2 is 2.00 bits per heavy atom. The fraction of sp³-hybridized carbons (Fsp3) is 0.471. The van der Waals surface area contributed by atoms with Gasteiger partial charge in [0.05, 0.1) is 11.4 Å². The van der Waals surface area contributed by atoms with Crippen LogP contribution in [0.1, 0.15) is 44.1 Å². The lowest BCUT2D eigenvalue weighted by Crippen LogP contribution is -2.23. The van der Waals surface area contributed by atoms with E-state index < -0.39 is 0 Å². The minimum absolute atomic E-state index is 0.0352. The van der Waals surface area contributed by atoms with Gasteiger partial charge < -0.3 is 5.73 Å². The summed E-state index contributed by atoms with van der Waals surface area (Å²) in [4.78, 5) is 0. The molecule has 0 fully saturated rings. The highest BCUT2D eigenvalue weighted by Gasteiger charge is 2.16. The number of hydrogen-bond donors (Lipinski definition) is 1. The SMILES string of the molecule is CCc1cc(CC)n(-c2cccc(F)c2CC(N)CC)n1. The second-order valence-electron chi connectivity index (χ2n) is 5.36. The van der Waals surface area contributed by atoms with Crippen LogP contribution in [-0.2, 0) is 19.3 Å². The number of benzene rings is 1. The van der Waals surface area contributed by atoms with Crippen LogP contribution in [0.4, 0.5) is 4.39 Å². The second kappa shape index (κ2) is 6.85. The zero-order valence-corrected chi connectivity index (χ0v) is 13.1. The van der Waals surface area contributed by atoms with Crippen molar-refractivity contribution in [3.05, 3.63) is 47.0 Å². The molecular weight excluding hydrogens is 265 g/mol. The lowest BCUT2D eigenvalue weighted by Gasteiger charge is -2.16. The van der Waals surface area contributed by atoms with E-state index in [0.29, 0.717) is 12.0 Å². The Bertz CT molecular complexity index is 604. The molecule has 1 atom stereocenters. The fourth-order valence-corrected chi connectivity index (χ4v) is 2.46. The molecule has 0 bridgehead atoms. The van der Waals surface area contributed by atoms with E-state index in [1.54, 1.807) is 6.07 Å². The van der Waals surface area contributed by atoms with Crippen molar-refractivity contribution in [3.63, 3.8) is 0 Å². The maximum Gasteiger partial charge on any atom is 0.128 e. The fourth-order valence-electron chi connectivity index (χ4n) is 2.46. The lowest BCUT2D eigenvalue weighted by molar-refractivity contribution is 0.573. The highest BCUT2D eigenvalue weighted by molar-refractivity contribution is 5.43. The molecule has 1 aromatic heterocycles. The second-order valence-corrected chi connectivity index (χ2v) is 5.36. The first-order chi connectivity index (χ1) is 10.1. The molecule has 0 spiro atoms. The van der Waals surface area contributed by atoms with Gasteiger partial charge in [0, 0.05) is 17.3 Å². The van der Waals surface area contributed by atoms with Gasteiger partial charge in [0.2, 0.25) is 0 Å². The van der Waals surface area contributed by atoms with Gasteiger partial charge in [0.15, 0.2) is 0 Å². The molecule has 0 aliphatic carbocycles. The zero-order valence-electron chi connectivity index (χ0n) is 13.1. The number of nitrogens with zero attached hydrogens (tertiary/aromatic N) is 2. The number of hydrogen-bond acceptors (Lipinski definition) is 2. The molecular formula is C17H24FN3. The van der Waals surface area contributed by atoms with Gasteiger partial charge in [-0.1, -0.05) is 26.8 Å². The molecule has 2 rings (SSSR count). The van der Waals surface area contributed by atoms with Crippen molar-refractivity contribution in [2.45, 2.75) is 52.5 Å². The van der Waals surface area contributed by atoms with Gasteiger partial charge in [0.25, 0.3) is 0 Å². The summed E-state index contributed by atoms with van der Waals surface area (Å²) in [6.07, 6.45) is 3.10. The van der Waals surface area contributed by atoms with Gasteiger partial charge in [-0.3, -0.25) is 0 Å². The van der Waals surface area contributed by atoms with Crippen LogP contribution in [0.15, 0.2) is 24.3 Å². The van der Waals surface area contributed by atoms with Gasteiger partial charge in [0.1, 0.15) is 5.82 Å². The highest BCUT2D eigenvalue weighted by Crippen LogP contribution is 2.22. The summed E-state index contributed by atoms with van der Waals surface area (Å²) in [6, 6.07) is 7.21. The molecule has 3 nitrogen and oxygen atoms in total. The number of aromatic nitrogens is 2. The van der Waals surface area contributed by atoms with E-state index in [4.69, 9.17) is 5.73 Å². The Hall–Kier alpha value is -1.68. The van der Waals surface area contributed by atoms with E-state index in [9.17, 15) is 4.39 Å².